The molecule has 1 atom stereocenters. The molecule has 28 heavy (non-hydrogen) atoms. The van der Waals surface area contributed by atoms with Crippen molar-refractivity contribution in [1.82, 2.24) is 5.32 Å². The molecule has 148 valence electrons. The molecule has 3 rings (SSSR count). The van der Waals surface area contributed by atoms with Gasteiger partial charge in [0.25, 0.3) is 0 Å². The lowest BCUT2D eigenvalue weighted by Gasteiger charge is -2.26. The van der Waals surface area contributed by atoms with Gasteiger partial charge in [-0.25, -0.2) is 0 Å². The summed E-state index contributed by atoms with van der Waals surface area (Å²) >= 11 is 5.59. The number of nitrogens with one attached hydrogen (secondary N) is 2. The van der Waals surface area contributed by atoms with Crippen LogP contribution in [0.1, 0.15) is 49.4 Å². The highest BCUT2D eigenvalue weighted by Crippen LogP contribution is 2.28. The minimum Gasteiger partial charge on any atom is -0.355 e. The van der Waals surface area contributed by atoms with Crippen LogP contribution in [-0.2, 0) is 4.79 Å². The SMILES string of the molecule is Cc1ccccc1[C@@H](NC(=S)Nc1ccc(N2CCCC2=O)c(C)c1)C(C)C. The van der Waals surface area contributed by atoms with Gasteiger partial charge in [0, 0.05) is 24.3 Å². The molecule has 4 nitrogen and oxygen atoms in total. The number of nitrogens with zero attached hydrogens (tertiary/aromatic N) is 1. The van der Waals surface area contributed by atoms with Gasteiger partial charge in [0.15, 0.2) is 5.11 Å². The van der Waals surface area contributed by atoms with Crippen LogP contribution >= 0.6 is 12.2 Å². The molecule has 1 aliphatic heterocycles. The van der Waals surface area contributed by atoms with Crippen molar-refractivity contribution in [2.24, 2.45) is 5.92 Å². The molecule has 0 spiro atoms. The highest BCUT2D eigenvalue weighted by atomic mass is 32.1. The van der Waals surface area contributed by atoms with Gasteiger partial charge in [-0.15, -0.1) is 0 Å². The lowest BCUT2D eigenvalue weighted by molar-refractivity contribution is -0.117. The number of hydrogen-bond donors (Lipinski definition) is 2. The fraction of sp³-hybridized carbons (Fsp3) is 0.391. The minimum absolute atomic E-state index is 0.142. The zero-order valence-electron chi connectivity index (χ0n) is 17.1. The first-order valence-electron chi connectivity index (χ1n) is 9.91. The van der Waals surface area contributed by atoms with Crippen LogP contribution < -0.4 is 15.5 Å². The molecule has 5 heteroatoms. The molecular formula is C23H29N3OS. The number of aryl methyl sites for hydroxylation is 2. The smallest absolute Gasteiger partial charge is 0.227 e. The quantitative estimate of drug-likeness (QED) is 0.690. The Kier molecular flexibility index (Phi) is 6.35. The van der Waals surface area contributed by atoms with Gasteiger partial charge in [0.05, 0.1) is 6.04 Å². The molecule has 1 heterocycles. The fourth-order valence-electron chi connectivity index (χ4n) is 3.79. The zero-order chi connectivity index (χ0) is 20.3. The van der Waals surface area contributed by atoms with E-state index < -0.39 is 0 Å². The van der Waals surface area contributed by atoms with Gasteiger partial charge in [-0.05, 0) is 73.3 Å². The molecule has 2 aromatic rings. The largest absolute Gasteiger partial charge is 0.355 e. The monoisotopic (exact) mass is 395 g/mol. The molecule has 1 saturated heterocycles. The van der Waals surface area contributed by atoms with E-state index in [1.165, 1.54) is 11.1 Å². The third kappa shape index (κ3) is 4.53. The summed E-state index contributed by atoms with van der Waals surface area (Å²) in [5.41, 5.74) is 5.51. The van der Waals surface area contributed by atoms with Crippen molar-refractivity contribution in [2.75, 3.05) is 16.8 Å². The second-order valence-corrected chi connectivity index (χ2v) is 8.24. The molecule has 0 aromatic heterocycles. The first-order chi connectivity index (χ1) is 13.4. The number of benzene rings is 2. The second kappa shape index (κ2) is 8.74. The molecule has 1 aliphatic rings. The van der Waals surface area contributed by atoms with Gasteiger partial charge >= 0.3 is 0 Å². The van der Waals surface area contributed by atoms with E-state index in [4.69, 9.17) is 12.2 Å². The first kappa shape index (κ1) is 20.3. The third-order valence-electron chi connectivity index (χ3n) is 5.30. The predicted molar refractivity (Wildman–Crippen MR) is 121 cm³/mol. The average Bonchev–Trinajstić information content (AvgIpc) is 3.06. The van der Waals surface area contributed by atoms with Crippen molar-refractivity contribution in [3.8, 4) is 0 Å². The molecule has 1 fully saturated rings. The van der Waals surface area contributed by atoms with E-state index >= 15 is 0 Å². The van der Waals surface area contributed by atoms with Crippen LogP contribution in [0.15, 0.2) is 42.5 Å². The van der Waals surface area contributed by atoms with Crippen molar-refractivity contribution >= 4 is 34.6 Å². The number of rotatable bonds is 5. The van der Waals surface area contributed by atoms with Crippen LogP contribution in [-0.4, -0.2) is 17.6 Å². The zero-order valence-corrected chi connectivity index (χ0v) is 17.9. The Labute approximate surface area is 173 Å². The predicted octanol–water partition coefficient (Wildman–Crippen LogP) is 5.11. The Morgan fingerprint density at radius 1 is 1.11 bits per heavy atom. The summed E-state index contributed by atoms with van der Waals surface area (Å²) in [6.45, 7) is 9.35. The number of amides is 1. The van der Waals surface area contributed by atoms with Gasteiger partial charge in [-0.1, -0.05) is 38.1 Å². The molecule has 0 bridgehead atoms. The van der Waals surface area contributed by atoms with Crippen LogP contribution in [0, 0.1) is 19.8 Å². The topological polar surface area (TPSA) is 44.4 Å². The maximum absolute atomic E-state index is 12.0. The average molecular weight is 396 g/mol. The second-order valence-electron chi connectivity index (χ2n) is 7.83. The Balaban J connectivity index is 1.71. The van der Waals surface area contributed by atoms with E-state index in [1.807, 2.05) is 30.0 Å². The van der Waals surface area contributed by atoms with Gasteiger partial charge in [-0.3, -0.25) is 4.79 Å². The summed E-state index contributed by atoms with van der Waals surface area (Å²) in [6, 6.07) is 14.6. The number of hydrogen-bond acceptors (Lipinski definition) is 2. The molecule has 0 saturated carbocycles. The van der Waals surface area contributed by atoms with Crippen molar-refractivity contribution in [1.29, 1.82) is 0 Å². The van der Waals surface area contributed by atoms with Crippen LogP contribution in [0.5, 0.6) is 0 Å². The molecular weight excluding hydrogens is 366 g/mol. The molecule has 2 aromatic carbocycles. The van der Waals surface area contributed by atoms with Gasteiger partial charge in [-0.2, -0.15) is 0 Å². The lowest BCUT2D eigenvalue weighted by atomic mass is 9.93. The van der Waals surface area contributed by atoms with E-state index in [-0.39, 0.29) is 11.9 Å². The van der Waals surface area contributed by atoms with Crippen molar-refractivity contribution in [3.05, 3.63) is 59.2 Å². The van der Waals surface area contributed by atoms with E-state index in [0.717, 1.165) is 29.9 Å². The van der Waals surface area contributed by atoms with Crippen LogP contribution in [0.3, 0.4) is 0 Å². The Bertz CT molecular complexity index is 878. The number of anilines is 2. The van der Waals surface area contributed by atoms with E-state index in [2.05, 4.69) is 55.7 Å². The molecule has 1 amide bonds. The summed E-state index contributed by atoms with van der Waals surface area (Å²) in [5, 5.41) is 7.38. The maximum atomic E-state index is 12.0. The lowest BCUT2D eigenvalue weighted by Crippen LogP contribution is -2.35. The van der Waals surface area contributed by atoms with E-state index in [0.29, 0.717) is 17.5 Å². The fourth-order valence-corrected chi connectivity index (χ4v) is 4.03. The molecule has 0 aliphatic carbocycles. The maximum Gasteiger partial charge on any atom is 0.227 e. The van der Waals surface area contributed by atoms with Gasteiger partial charge < -0.3 is 15.5 Å². The Morgan fingerprint density at radius 2 is 1.86 bits per heavy atom. The van der Waals surface area contributed by atoms with Crippen LogP contribution in [0.4, 0.5) is 11.4 Å². The normalized spacial score (nSPS) is 15.0. The van der Waals surface area contributed by atoms with E-state index in [1.54, 1.807) is 0 Å². The number of carbonyl (C=O) groups is 1. The number of carbonyl (C=O) groups excluding carboxylic acids is 1. The summed E-state index contributed by atoms with van der Waals surface area (Å²) in [6.07, 6.45) is 1.57. The Hall–Kier alpha value is -2.40. The van der Waals surface area contributed by atoms with Crippen LogP contribution in [0.25, 0.3) is 0 Å². The molecule has 0 radical (unpaired) electrons. The first-order valence-corrected chi connectivity index (χ1v) is 10.3. The summed E-state index contributed by atoms with van der Waals surface area (Å²) < 4.78 is 0. The van der Waals surface area contributed by atoms with E-state index in [9.17, 15) is 4.79 Å². The van der Waals surface area contributed by atoms with Crippen molar-refractivity contribution in [3.63, 3.8) is 0 Å². The van der Waals surface area contributed by atoms with Gasteiger partial charge in [0.1, 0.15) is 0 Å². The Morgan fingerprint density at radius 3 is 2.46 bits per heavy atom. The summed E-state index contributed by atoms with van der Waals surface area (Å²) in [7, 11) is 0. The molecule has 0 unspecified atom stereocenters. The molecule has 2 N–H and O–H groups in total. The summed E-state index contributed by atoms with van der Waals surface area (Å²) in [5.74, 6) is 0.602. The third-order valence-corrected chi connectivity index (χ3v) is 5.52. The minimum atomic E-state index is 0.142. The van der Waals surface area contributed by atoms with Gasteiger partial charge in [0.2, 0.25) is 5.91 Å². The van der Waals surface area contributed by atoms with Crippen molar-refractivity contribution in [2.45, 2.75) is 46.6 Å². The van der Waals surface area contributed by atoms with Crippen LogP contribution in [0.2, 0.25) is 0 Å². The highest BCUT2D eigenvalue weighted by Gasteiger charge is 2.23. The number of thiocarbonyl (C=S) groups is 1. The highest BCUT2D eigenvalue weighted by molar-refractivity contribution is 7.80. The van der Waals surface area contributed by atoms with Crippen molar-refractivity contribution < 1.29 is 4.79 Å². The standard InChI is InChI=1S/C23H29N3OS/c1-15(2)22(19-9-6-5-8-16(19)3)25-23(28)24-18-11-12-20(17(4)14-18)26-13-7-10-21(26)27/h5-6,8-9,11-12,14-15,22H,7,10,13H2,1-4H3,(H2,24,25,28)/t22-/m0/s1. The summed E-state index contributed by atoms with van der Waals surface area (Å²) in [4.78, 5) is 13.9.